The summed E-state index contributed by atoms with van der Waals surface area (Å²) in [6.07, 6.45) is 3.39. The van der Waals surface area contributed by atoms with Crippen LogP contribution in [0.5, 0.6) is 5.75 Å². The molecule has 4 nitrogen and oxygen atoms in total. The molecule has 0 atom stereocenters. The van der Waals surface area contributed by atoms with Gasteiger partial charge in [-0.05, 0) is 35.7 Å². The average molecular weight is 373 g/mol. The summed E-state index contributed by atoms with van der Waals surface area (Å²) >= 11 is 7.80. The Balaban J connectivity index is 1.72. The second-order valence-electron chi connectivity index (χ2n) is 5.38. The van der Waals surface area contributed by atoms with Crippen molar-refractivity contribution < 1.29 is 9.53 Å². The van der Waals surface area contributed by atoms with E-state index in [-0.39, 0.29) is 12.5 Å². The number of thiophene rings is 1. The van der Waals surface area contributed by atoms with Crippen LogP contribution < -0.4 is 4.74 Å². The lowest BCUT2D eigenvalue weighted by Gasteiger charge is -2.20. The molecule has 0 saturated heterocycles. The molecule has 0 bridgehead atoms. The lowest BCUT2D eigenvalue weighted by atomic mass is 10.2. The Morgan fingerprint density at radius 2 is 2.20 bits per heavy atom. The Labute approximate surface area is 155 Å². The zero-order chi connectivity index (χ0) is 17.6. The molecular weight excluding hydrogens is 356 g/mol. The van der Waals surface area contributed by atoms with E-state index in [4.69, 9.17) is 16.3 Å². The van der Waals surface area contributed by atoms with Crippen molar-refractivity contribution in [3.63, 3.8) is 0 Å². The summed E-state index contributed by atoms with van der Waals surface area (Å²) in [7, 11) is 0. The number of carbonyl (C=O) groups excluding carboxylic acids is 1. The van der Waals surface area contributed by atoms with Crippen molar-refractivity contribution in [2.45, 2.75) is 6.54 Å². The topological polar surface area (TPSA) is 42.4 Å². The molecule has 0 unspecified atom stereocenters. The molecule has 0 radical (unpaired) electrons. The van der Waals surface area contributed by atoms with Gasteiger partial charge >= 0.3 is 0 Å². The molecule has 1 aromatic carbocycles. The van der Waals surface area contributed by atoms with E-state index < -0.39 is 0 Å². The van der Waals surface area contributed by atoms with Crippen LogP contribution in [0.25, 0.3) is 10.9 Å². The van der Waals surface area contributed by atoms with Gasteiger partial charge in [0.1, 0.15) is 11.3 Å². The normalized spacial score (nSPS) is 10.6. The molecule has 128 valence electrons. The predicted octanol–water partition coefficient (Wildman–Crippen LogP) is 4.54. The fourth-order valence-corrected chi connectivity index (χ4v) is 3.40. The molecule has 3 rings (SSSR count). The van der Waals surface area contributed by atoms with Crippen LogP contribution in [0.4, 0.5) is 0 Å². The van der Waals surface area contributed by atoms with Crippen LogP contribution in [-0.2, 0) is 11.3 Å². The maximum atomic E-state index is 12.5. The number of carbonyl (C=O) groups is 1. The van der Waals surface area contributed by atoms with Crippen LogP contribution in [0.15, 0.2) is 60.6 Å². The van der Waals surface area contributed by atoms with Gasteiger partial charge in [0.05, 0.1) is 11.6 Å². The highest BCUT2D eigenvalue weighted by atomic mass is 35.5. The summed E-state index contributed by atoms with van der Waals surface area (Å²) in [5.74, 6) is 0.440. The molecular formula is C19H17ClN2O2S. The highest BCUT2D eigenvalue weighted by Crippen LogP contribution is 2.29. The Bertz CT molecular complexity index is 880. The van der Waals surface area contributed by atoms with Gasteiger partial charge in [-0.3, -0.25) is 9.78 Å². The van der Waals surface area contributed by atoms with Gasteiger partial charge in [0, 0.05) is 23.0 Å². The largest absolute Gasteiger partial charge is 0.481 e. The van der Waals surface area contributed by atoms with Crippen LogP contribution in [0.2, 0.25) is 5.02 Å². The summed E-state index contributed by atoms with van der Waals surface area (Å²) in [5, 5.41) is 3.40. The third-order valence-corrected chi connectivity index (χ3v) is 4.85. The molecule has 2 aromatic heterocycles. The molecule has 0 fully saturated rings. The van der Waals surface area contributed by atoms with Gasteiger partial charge in [-0.2, -0.15) is 0 Å². The van der Waals surface area contributed by atoms with Crippen LogP contribution in [0.3, 0.4) is 0 Å². The van der Waals surface area contributed by atoms with Crippen LogP contribution in [-0.4, -0.2) is 28.9 Å². The number of hydrogen-bond donors (Lipinski definition) is 0. The van der Waals surface area contributed by atoms with Crippen molar-refractivity contribution in [1.29, 1.82) is 0 Å². The molecule has 0 saturated carbocycles. The number of aromatic nitrogens is 1. The van der Waals surface area contributed by atoms with Crippen molar-refractivity contribution in [1.82, 2.24) is 9.88 Å². The zero-order valence-electron chi connectivity index (χ0n) is 13.5. The molecule has 1 amide bonds. The van der Waals surface area contributed by atoms with E-state index in [0.29, 0.717) is 29.4 Å². The fourth-order valence-electron chi connectivity index (χ4n) is 2.46. The standard InChI is InChI=1S/C19H17ClN2O2S/c1-2-10-22(12-14-5-4-11-25-14)18(23)13-24-17-8-7-16(20)15-6-3-9-21-19(15)17/h2-9,11H,1,10,12-13H2. The Kier molecular flexibility index (Phi) is 5.68. The zero-order valence-corrected chi connectivity index (χ0v) is 15.1. The fraction of sp³-hybridized carbons (Fsp3) is 0.158. The second kappa shape index (κ2) is 8.14. The molecule has 6 heteroatoms. The van der Waals surface area contributed by atoms with E-state index in [1.807, 2.05) is 29.6 Å². The predicted molar refractivity (Wildman–Crippen MR) is 102 cm³/mol. The minimum atomic E-state index is -0.104. The molecule has 25 heavy (non-hydrogen) atoms. The Morgan fingerprint density at radius 1 is 1.32 bits per heavy atom. The number of rotatable bonds is 7. The lowest BCUT2D eigenvalue weighted by Crippen LogP contribution is -2.34. The summed E-state index contributed by atoms with van der Waals surface area (Å²) in [4.78, 5) is 19.7. The van der Waals surface area contributed by atoms with Gasteiger partial charge in [0.15, 0.2) is 6.61 Å². The van der Waals surface area contributed by atoms with Gasteiger partial charge in [-0.1, -0.05) is 23.7 Å². The number of halogens is 1. The van der Waals surface area contributed by atoms with Crippen LogP contribution in [0.1, 0.15) is 4.88 Å². The second-order valence-corrected chi connectivity index (χ2v) is 6.82. The van der Waals surface area contributed by atoms with E-state index in [2.05, 4.69) is 11.6 Å². The maximum absolute atomic E-state index is 12.5. The lowest BCUT2D eigenvalue weighted by molar-refractivity contribution is -0.133. The third kappa shape index (κ3) is 4.18. The quantitative estimate of drug-likeness (QED) is 0.571. The Morgan fingerprint density at radius 3 is 2.96 bits per heavy atom. The molecule has 0 spiro atoms. The first kappa shape index (κ1) is 17.5. The van der Waals surface area contributed by atoms with E-state index in [1.54, 1.807) is 40.6 Å². The van der Waals surface area contributed by atoms with Crippen LogP contribution in [0, 0.1) is 0 Å². The molecule has 0 aliphatic rings. The SMILES string of the molecule is C=CCN(Cc1cccs1)C(=O)COc1ccc(Cl)c2cccnc12. The summed E-state index contributed by atoms with van der Waals surface area (Å²) in [5.41, 5.74) is 0.649. The number of nitrogens with zero attached hydrogens (tertiary/aromatic N) is 2. The molecule has 0 aliphatic carbocycles. The number of fused-ring (bicyclic) bond motifs is 1. The number of ether oxygens (including phenoxy) is 1. The number of hydrogen-bond acceptors (Lipinski definition) is 4. The highest BCUT2D eigenvalue weighted by molar-refractivity contribution is 7.09. The minimum Gasteiger partial charge on any atom is -0.481 e. The smallest absolute Gasteiger partial charge is 0.261 e. The van der Waals surface area contributed by atoms with Gasteiger partial charge < -0.3 is 9.64 Å². The molecule has 0 N–H and O–H groups in total. The number of amides is 1. The van der Waals surface area contributed by atoms with Crippen molar-refractivity contribution in [2.75, 3.05) is 13.2 Å². The van der Waals surface area contributed by atoms with Crippen molar-refractivity contribution in [2.24, 2.45) is 0 Å². The van der Waals surface area contributed by atoms with Crippen LogP contribution >= 0.6 is 22.9 Å². The van der Waals surface area contributed by atoms with Gasteiger partial charge in [-0.25, -0.2) is 0 Å². The van der Waals surface area contributed by atoms with Crippen molar-refractivity contribution in [3.05, 3.63) is 70.5 Å². The van der Waals surface area contributed by atoms with Gasteiger partial charge in [0.2, 0.25) is 0 Å². The summed E-state index contributed by atoms with van der Waals surface area (Å²) in [6.45, 7) is 4.68. The van der Waals surface area contributed by atoms with E-state index >= 15 is 0 Å². The molecule has 2 heterocycles. The maximum Gasteiger partial charge on any atom is 0.261 e. The first-order valence-corrected chi connectivity index (χ1v) is 9.02. The number of benzene rings is 1. The minimum absolute atomic E-state index is 0.0630. The number of pyridine rings is 1. The first-order valence-electron chi connectivity index (χ1n) is 7.76. The molecule has 3 aromatic rings. The average Bonchev–Trinajstić information content (AvgIpc) is 3.14. The van der Waals surface area contributed by atoms with E-state index in [0.717, 1.165) is 10.3 Å². The Hall–Kier alpha value is -2.37. The highest BCUT2D eigenvalue weighted by Gasteiger charge is 2.15. The van der Waals surface area contributed by atoms with E-state index in [9.17, 15) is 4.79 Å². The van der Waals surface area contributed by atoms with E-state index in [1.165, 1.54) is 0 Å². The van der Waals surface area contributed by atoms with Gasteiger partial charge in [0.25, 0.3) is 5.91 Å². The van der Waals surface area contributed by atoms with Crippen molar-refractivity contribution >= 4 is 39.7 Å². The molecule has 0 aliphatic heterocycles. The third-order valence-electron chi connectivity index (χ3n) is 3.66. The summed E-state index contributed by atoms with van der Waals surface area (Å²) in [6, 6.07) is 11.2. The van der Waals surface area contributed by atoms with Gasteiger partial charge in [-0.15, -0.1) is 17.9 Å². The van der Waals surface area contributed by atoms with Crippen molar-refractivity contribution in [3.8, 4) is 5.75 Å². The monoisotopic (exact) mass is 372 g/mol. The first-order chi connectivity index (χ1) is 12.2. The summed E-state index contributed by atoms with van der Waals surface area (Å²) < 4.78 is 5.74.